The van der Waals surface area contributed by atoms with Gasteiger partial charge in [0, 0.05) is 19.6 Å². The van der Waals surface area contributed by atoms with E-state index < -0.39 is 0 Å². The van der Waals surface area contributed by atoms with Crippen LogP contribution in [0.25, 0.3) is 0 Å². The zero-order valence-corrected chi connectivity index (χ0v) is 43.1. The highest BCUT2D eigenvalue weighted by molar-refractivity contribution is 5.69. The molecule has 0 N–H and O–H groups in total. The van der Waals surface area contributed by atoms with Crippen molar-refractivity contribution in [3.05, 3.63) is 12.2 Å². The molecule has 0 rings (SSSR count). The third-order valence-electron chi connectivity index (χ3n) is 13.1. The summed E-state index contributed by atoms with van der Waals surface area (Å²) in [6, 6.07) is 0. The lowest BCUT2D eigenvalue weighted by Crippen LogP contribution is -2.19. The van der Waals surface area contributed by atoms with Gasteiger partial charge in [0.05, 0.1) is 0 Å². The first-order valence-electron chi connectivity index (χ1n) is 28.2. The van der Waals surface area contributed by atoms with Crippen molar-refractivity contribution in [3.8, 4) is 0 Å². The van der Waals surface area contributed by atoms with Crippen LogP contribution in [0.2, 0.25) is 0 Å². The second-order valence-electron chi connectivity index (χ2n) is 19.7. The minimum atomic E-state index is -0.0304. The fraction of sp³-hybridized carbons (Fsp3) is 0.947. The summed E-state index contributed by atoms with van der Waals surface area (Å²) in [5.41, 5.74) is 0. The van der Waals surface area contributed by atoms with Crippen molar-refractivity contribution >= 4 is 5.97 Å². The molecule has 0 aliphatic rings. The molecule has 0 bridgehead atoms. The number of ether oxygens (including phenoxy) is 3. The highest BCUT2D eigenvalue weighted by Crippen LogP contribution is 2.25. The minimum absolute atomic E-state index is 0.00803. The SMILES string of the molecule is CCCCCC/C=C\COC(=O)CCCCCCCCCC(CCCCCCCCCC(OCCCCCCCCCC)OCCCCCCCCCC)CCCCCN(C)C. The standard InChI is InChI=1S/C57H113NO4/c1-6-9-12-15-18-27-34-44-53-61-57(62-54-45-35-28-19-16-13-10-7-2)50-41-32-25-21-23-30-38-47-55(48-39-36-42-51-58(4)5)46-37-29-22-20-24-31-40-49-56(59)60-52-43-33-26-17-14-11-8-3/h33,43,55,57H,6-32,34-42,44-54H2,1-5H3/b43-33-. The predicted octanol–water partition coefficient (Wildman–Crippen LogP) is 18.5. The number of carbonyl (C=O) groups is 1. The summed E-state index contributed by atoms with van der Waals surface area (Å²) in [5.74, 6) is 0.891. The van der Waals surface area contributed by atoms with E-state index in [0.717, 1.165) is 44.8 Å². The van der Waals surface area contributed by atoms with E-state index in [0.29, 0.717) is 13.0 Å². The van der Waals surface area contributed by atoms with E-state index in [9.17, 15) is 4.79 Å². The van der Waals surface area contributed by atoms with Crippen molar-refractivity contribution in [1.82, 2.24) is 4.90 Å². The highest BCUT2D eigenvalue weighted by Gasteiger charge is 2.11. The van der Waals surface area contributed by atoms with Gasteiger partial charge in [-0.05, 0) is 77.9 Å². The largest absolute Gasteiger partial charge is 0.461 e. The molecule has 0 amide bonds. The minimum Gasteiger partial charge on any atom is -0.461 e. The summed E-state index contributed by atoms with van der Waals surface area (Å²) in [7, 11) is 4.40. The summed E-state index contributed by atoms with van der Waals surface area (Å²) in [6.45, 7) is 10.2. The monoisotopic (exact) mass is 876 g/mol. The molecular weight excluding hydrogens is 763 g/mol. The van der Waals surface area contributed by atoms with Gasteiger partial charge in [-0.2, -0.15) is 0 Å². The van der Waals surface area contributed by atoms with E-state index in [1.807, 2.05) is 6.08 Å². The van der Waals surface area contributed by atoms with Crippen LogP contribution in [0.5, 0.6) is 0 Å². The summed E-state index contributed by atoms with van der Waals surface area (Å²) in [6.07, 6.45) is 60.3. The first-order valence-corrected chi connectivity index (χ1v) is 28.2. The van der Waals surface area contributed by atoms with Crippen LogP contribution in [0, 0.1) is 5.92 Å². The highest BCUT2D eigenvalue weighted by atomic mass is 16.7. The Kier molecular flexibility index (Phi) is 51.9. The van der Waals surface area contributed by atoms with Crippen LogP contribution in [0.1, 0.15) is 297 Å². The third kappa shape index (κ3) is 50.1. The molecule has 0 saturated carbocycles. The smallest absolute Gasteiger partial charge is 0.306 e. The lowest BCUT2D eigenvalue weighted by atomic mass is 9.89. The summed E-state index contributed by atoms with van der Waals surface area (Å²) in [4.78, 5) is 14.4. The molecule has 0 aromatic heterocycles. The van der Waals surface area contributed by atoms with Gasteiger partial charge >= 0.3 is 5.97 Å². The summed E-state index contributed by atoms with van der Waals surface area (Å²) < 4.78 is 18.1. The zero-order valence-electron chi connectivity index (χ0n) is 43.1. The fourth-order valence-electron chi connectivity index (χ4n) is 8.89. The number of unbranched alkanes of at least 4 members (excludes halogenated alkanes) is 32. The molecule has 0 heterocycles. The molecule has 5 nitrogen and oxygen atoms in total. The van der Waals surface area contributed by atoms with Crippen LogP contribution in [0.3, 0.4) is 0 Å². The molecule has 0 saturated heterocycles. The van der Waals surface area contributed by atoms with Gasteiger partial charge in [0.2, 0.25) is 0 Å². The quantitative estimate of drug-likeness (QED) is 0.0264. The van der Waals surface area contributed by atoms with E-state index in [1.165, 1.54) is 251 Å². The Hall–Kier alpha value is -0.910. The average Bonchev–Trinajstić information content (AvgIpc) is 3.26. The van der Waals surface area contributed by atoms with Crippen molar-refractivity contribution in [2.24, 2.45) is 5.92 Å². The molecule has 0 aliphatic carbocycles. The Morgan fingerprint density at radius 3 is 1.24 bits per heavy atom. The Morgan fingerprint density at radius 2 is 0.790 bits per heavy atom. The summed E-state index contributed by atoms with van der Waals surface area (Å²) in [5, 5.41) is 0. The van der Waals surface area contributed by atoms with Gasteiger partial charge in [-0.25, -0.2) is 0 Å². The maximum atomic E-state index is 12.1. The molecule has 5 heteroatoms. The lowest BCUT2D eigenvalue weighted by Gasteiger charge is -2.19. The van der Waals surface area contributed by atoms with Crippen molar-refractivity contribution in [2.75, 3.05) is 40.5 Å². The second-order valence-corrected chi connectivity index (χ2v) is 19.7. The lowest BCUT2D eigenvalue weighted by molar-refractivity contribution is -0.148. The van der Waals surface area contributed by atoms with Gasteiger partial charge in [-0.1, -0.05) is 251 Å². The molecular formula is C57H113NO4. The number of rotatable bonds is 53. The molecule has 0 aliphatic heterocycles. The van der Waals surface area contributed by atoms with Crippen LogP contribution < -0.4 is 0 Å². The van der Waals surface area contributed by atoms with Crippen LogP contribution in [-0.2, 0) is 19.0 Å². The van der Waals surface area contributed by atoms with E-state index >= 15 is 0 Å². The van der Waals surface area contributed by atoms with Crippen molar-refractivity contribution in [2.45, 2.75) is 303 Å². The molecule has 1 atom stereocenters. The Balaban J connectivity index is 4.26. The van der Waals surface area contributed by atoms with E-state index in [-0.39, 0.29) is 12.3 Å². The van der Waals surface area contributed by atoms with Gasteiger partial charge in [-0.3, -0.25) is 4.79 Å². The molecule has 370 valence electrons. The number of hydrogen-bond acceptors (Lipinski definition) is 5. The normalized spacial score (nSPS) is 12.4. The number of nitrogens with zero attached hydrogens (tertiary/aromatic N) is 1. The van der Waals surface area contributed by atoms with Crippen molar-refractivity contribution < 1.29 is 19.0 Å². The van der Waals surface area contributed by atoms with E-state index in [2.05, 4.69) is 45.8 Å². The van der Waals surface area contributed by atoms with Gasteiger partial charge < -0.3 is 19.1 Å². The number of carbonyl (C=O) groups excluding carboxylic acids is 1. The van der Waals surface area contributed by atoms with Gasteiger partial charge in [0.1, 0.15) is 6.61 Å². The molecule has 0 spiro atoms. The first kappa shape index (κ1) is 61.1. The van der Waals surface area contributed by atoms with Gasteiger partial charge in [-0.15, -0.1) is 0 Å². The molecule has 0 aromatic rings. The number of esters is 1. The number of allylic oxidation sites excluding steroid dienone is 1. The predicted molar refractivity (Wildman–Crippen MR) is 273 cm³/mol. The van der Waals surface area contributed by atoms with Crippen LogP contribution >= 0.6 is 0 Å². The van der Waals surface area contributed by atoms with Crippen molar-refractivity contribution in [3.63, 3.8) is 0 Å². The third-order valence-corrected chi connectivity index (χ3v) is 13.1. The molecule has 0 fully saturated rings. The van der Waals surface area contributed by atoms with E-state index in [4.69, 9.17) is 14.2 Å². The van der Waals surface area contributed by atoms with Crippen molar-refractivity contribution in [1.29, 1.82) is 0 Å². The maximum absolute atomic E-state index is 12.1. The molecule has 0 aromatic carbocycles. The zero-order chi connectivity index (χ0) is 45.1. The second kappa shape index (κ2) is 52.7. The molecule has 62 heavy (non-hydrogen) atoms. The summed E-state index contributed by atoms with van der Waals surface area (Å²) >= 11 is 0. The number of hydrogen-bond donors (Lipinski definition) is 0. The maximum Gasteiger partial charge on any atom is 0.306 e. The Bertz CT molecular complexity index is 855. The fourth-order valence-corrected chi connectivity index (χ4v) is 8.89. The van der Waals surface area contributed by atoms with E-state index in [1.54, 1.807) is 0 Å². The molecule has 0 radical (unpaired) electrons. The Morgan fingerprint density at radius 1 is 0.419 bits per heavy atom. The van der Waals surface area contributed by atoms with Gasteiger partial charge in [0.25, 0.3) is 0 Å². The average molecular weight is 877 g/mol. The van der Waals surface area contributed by atoms with Crippen LogP contribution in [0.4, 0.5) is 0 Å². The topological polar surface area (TPSA) is 48.0 Å². The van der Waals surface area contributed by atoms with Crippen LogP contribution in [-0.4, -0.2) is 57.6 Å². The molecule has 1 unspecified atom stereocenters. The van der Waals surface area contributed by atoms with Gasteiger partial charge in [0.15, 0.2) is 6.29 Å². The van der Waals surface area contributed by atoms with Crippen LogP contribution in [0.15, 0.2) is 12.2 Å². The Labute approximate surface area is 390 Å². The first-order chi connectivity index (χ1) is 30.5.